The van der Waals surface area contributed by atoms with Crippen LogP contribution in [0.25, 0.3) is 0 Å². The lowest BCUT2D eigenvalue weighted by Gasteiger charge is -2.19. The molecule has 0 fully saturated rings. The summed E-state index contributed by atoms with van der Waals surface area (Å²) in [6.45, 7) is 11.6. The van der Waals surface area contributed by atoms with Gasteiger partial charge in [-0.1, -0.05) is 27.7 Å². The predicted octanol–water partition coefficient (Wildman–Crippen LogP) is 3.07. The first-order valence-corrected chi connectivity index (χ1v) is 7.65. The molecule has 5 heteroatoms. The summed E-state index contributed by atoms with van der Waals surface area (Å²) in [6, 6.07) is 1.98. The Kier molecular flexibility index (Phi) is 6.07. The highest BCUT2D eigenvalue weighted by Gasteiger charge is 2.19. The summed E-state index contributed by atoms with van der Waals surface area (Å²) >= 11 is 1.69. The SMILES string of the molecule is CCNc1cc(SC(C)CCO)nc(C(C)(C)C)n1. The quantitative estimate of drug-likeness (QED) is 0.620. The molecule has 1 rings (SSSR count). The van der Waals surface area contributed by atoms with Crippen molar-refractivity contribution < 1.29 is 5.11 Å². The maximum atomic E-state index is 8.98. The Balaban J connectivity index is 2.99. The van der Waals surface area contributed by atoms with Crippen molar-refractivity contribution in [3.8, 4) is 0 Å². The first-order chi connectivity index (χ1) is 8.86. The van der Waals surface area contributed by atoms with Crippen LogP contribution in [0, 0.1) is 0 Å². The molecule has 1 aromatic heterocycles. The number of nitrogens with one attached hydrogen (secondary N) is 1. The summed E-state index contributed by atoms with van der Waals surface area (Å²) in [5, 5.41) is 13.5. The van der Waals surface area contributed by atoms with Crippen molar-refractivity contribution >= 4 is 17.6 Å². The fourth-order valence-electron chi connectivity index (χ4n) is 1.54. The highest BCUT2D eigenvalue weighted by molar-refractivity contribution is 7.99. The minimum absolute atomic E-state index is 0.0685. The van der Waals surface area contributed by atoms with E-state index in [4.69, 9.17) is 5.11 Å². The molecule has 0 aliphatic heterocycles. The molecule has 4 nitrogen and oxygen atoms in total. The van der Waals surface area contributed by atoms with E-state index in [2.05, 4.69) is 49.9 Å². The molecule has 2 N–H and O–H groups in total. The van der Waals surface area contributed by atoms with E-state index in [1.165, 1.54) is 0 Å². The smallest absolute Gasteiger partial charge is 0.137 e. The number of aliphatic hydroxyl groups is 1. The number of hydrogen-bond donors (Lipinski definition) is 2. The third-order valence-corrected chi connectivity index (χ3v) is 3.68. The topological polar surface area (TPSA) is 58.0 Å². The van der Waals surface area contributed by atoms with Gasteiger partial charge in [0.15, 0.2) is 0 Å². The van der Waals surface area contributed by atoms with E-state index in [9.17, 15) is 0 Å². The third-order valence-electron chi connectivity index (χ3n) is 2.59. The van der Waals surface area contributed by atoms with Gasteiger partial charge in [-0.3, -0.25) is 0 Å². The van der Waals surface area contributed by atoms with Crippen LogP contribution in [0.1, 0.15) is 46.9 Å². The zero-order chi connectivity index (χ0) is 14.5. The number of thioether (sulfide) groups is 1. The Morgan fingerprint density at radius 2 is 2.05 bits per heavy atom. The number of nitrogens with zero attached hydrogens (tertiary/aromatic N) is 2. The van der Waals surface area contributed by atoms with E-state index in [0.29, 0.717) is 5.25 Å². The van der Waals surface area contributed by atoms with Crippen molar-refractivity contribution in [3.05, 3.63) is 11.9 Å². The molecule has 1 unspecified atom stereocenters. The summed E-state index contributed by atoms with van der Waals surface area (Å²) < 4.78 is 0. The monoisotopic (exact) mass is 283 g/mol. The standard InChI is InChI=1S/C14H25N3OS/c1-6-15-11-9-12(19-10(2)7-8-18)17-13(16-11)14(3,4)5/h9-10,18H,6-8H2,1-5H3,(H,15,16,17). The Hall–Kier alpha value is -0.810. The second-order valence-electron chi connectivity index (χ2n) is 5.64. The van der Waals surface area contributed by atoms with E-state index in [1.807, 2.05) is 6.07 Å². The number of aromatic nitrogens is 2. The van der Waals surface area contributed by atoms with Gasteiger partial charge in [-0.25, -0.2) is 9.97 Å². The normalized spacial score (nSPS) is 13.4. The van der Waals surface area contributed by atoms with Gasteiger partial charge in [-0.15, -0.1) is 11.8 Å². The van der Waals surface area contributed by atoms with E-state index >= 15 is 0 Å². The van der Waals surface area contributed by atoms with E-state index in [1.54, 1.807) is 11.8 Å². The van der Waals surface area contributed by atoms with Gasteiger partial charge in [-0.2, -0.15) is 0 Å². The van der Waals surface area contributed by atoms with Crippen molar-refractivity contribution in [1.82, 2.24) is 9.97 Å². The summed E-state index contributed by atoms with van der Waals surface area (Å²) in [5.74, 6) is 1.73. The van der Waals surface area contributed by atoms with Crippen LogP contribution in [-0.4, -0.2) is 33.5 Å². The van der Waals surface area contributed by atoms with Crippen LogP contribution >= 0.6 is 11.8 Å². The maximum absolute atomic E-state index is 8.98. The molecule has 1 heterocycles. The lowest BCUT2D eigenvalue weighted by molar-refractivity contribution is 0.289. The van der Waals surface area contributed by atoms with Gasteiger partial charge in [-0.05, 0) is 13.3 Å². The molecular formula is C14H25N3OS. The average Bonchev–Trinajstić information content (AvgIpc) is 2.28. The van der Waals surface area contributed by atoms with Gasteiger partial charge >= 0.3 is 0 Å². The summed E-state index contributed by atoms with van der Waals surface area (Å²) in [4.78, 5) is 9.20. The van der Waals surface area contributed by atoms with Crippen LogP contribution in [0.3, 0.4) is 0 Å². The largest absolute Gasteiger partial charge is 0.396 e. The molecular weight excluding hydrogens is 258 g/mol. The van der Waals surface area contributed by atoms with E-state index in [0.717, 1.165) is 29.6 Å². The summed E-state index contributed by atoms with van der Waals surface area (Å²) in [7, 11) is 0. The van der Waals surface area contributed by atoms with Crippen molar-refractivity contribution in [3.63, 3.8) is 0 Å². The van der Waals surface area contributed by atoms with Crippen LogP contribution in [0.4, 0.5) is 5.82 Å². The van der Waals surface area contributed by atoms with Gasteiger partial charge in [0, 0.05) is 29.9 Å². The fraction of sp³-hybridized carbons (Fsp3) is 0.714. The molecule has 1 aromatic rings. The number of hydrogen-bond acceptors (Lipinski definition) is 5. The molecule has 0 aliphatic carbocycles. The molecule has 0 saturated heterocycles. The molecule has 0 bridgehead atoms. The van der Waals surface area contributed by atoms with Gasteiger partial charge in [0.25, 0.3) is 0 Å². The van der Waals surface area contributed by atoms with Crippen molar-refractivity contribution in [2.24, 2.45) is 0 Å². The minimum atomic E-state index is -0.0685. The lowest BCUT2D eigenvalue weighted by atomic mass is 9.96. The molecule has 0 spiro atoms. The fourth-order valence-corrected chi connectivity index (χ4v) is 2.49. The second kappa shape index (κ2) is 7.10. The van der Waals surface area contributed by atoms with Gasteiger partial charge in [0.1, 0.15) is 16.7 Å². The maximum Gasteiger partial charge on any atom is 0.137 e. The Bertz CT molecular complexity index is 404. The number of aliphatic hydroxyl groups excluding tert-OH is 1. The van der Waals surface area contributed by atoms with Crippen LogP contribution in [0.2, 0.25) is 0 Å². The zero-order valence-corrected chi connectivity index (χ0v) is 13.3. The Morgan fingerprint density at radius 3 is 2.58 bits per heavy atom. The average molecular weight is 283 g/mol. The molecule has 0 radical (unpaired) electrons. The lowest BCUT2D eigenvalue weighted by Crippen LogP contribution is -2.18. The predicted molar refractivity (Wildman–Crippen MR) is 81.9 cm³/mol. The van der Waals surface area contributed by atoms with E-state index in [-0.39, 0.29) is 12.0 Å². The van der Waals surface area contributed by atoms with Crippen LogP contribution in [0.5, 0.6) is 0 Å². The summed E-state index contributed by atoms with van der Waals surface area (Å²) in [5.41, 5.74) is -0.0685. The molecule has 1 atom stereocenters. The van der Waals surface area contributed by atoms with Gasteiger partial charge < -0.3 is 10.4 Å². The van der Waals surface area contributed by atoms with Crippen molar-refractivity contribution in [2.45, 2.75) is 56.7 Å². The Morgan fingerprint density at radius 1 is 1.37 bits per heavy atom. The first kappa shape index (κ1) is 16.2. The summed E-state index contributed by atoms with van der Waals surface area (Å²) in [6.07, 6.45) is 0.774. The molecule has 108 valence electrons. The molecule has 0 aliphatic rings. The second-order valence-corrected chi connectivity index (χ2v) is 7.09. The molecule has 0 aromatic carbocycles. The van der Waals surface area contributed by atoms with Crippen LogP contribution in [-0.2, 0) is 5.41 Å². The first-order valence-electron chi connectivity index (χ1n) is 6.77. The highest BCUT2D eigenvalue weighted by atomic mass is 32.2. The van der Waals surface area contributed by atoms with Crippen molar-refractivity contribution in [2.75, 3.05) is 18.5 Å². The van der Waals surface area contributed by atoms with E-state index < -0.39 is 0 Å². The highest BCUT2D eigenvalue weighted by Crippen LogP contribution is 2.28. The molecule has 0 amide bonds. The molecule has 0 saturated carbocycles. The van der Waals surface area contributed by atoms with Gasteiger partial charge in [0.2, 0.25) is 0 Å². The van der Waals surface area contributed by atoms with Crippen molar-refractivity contribution in [1.29, 1.82) is 0 Å². The van der Waals surface area contributed by atoms with Crippen LogP contribution < -0.4 is 5.32 Å². The minimum Gasteiger partial charge on any atom is -0.396 e. The van der Waals surface area contributed by atoms with Crippen LogP contribution in [0.15, 0.2) is 11.1 Å². The number of rotatable bonds is 6. The Labute approximate surface area is 120 Å². The number of anilines is 1. The zero-order valence-electron chi connectivity index (χ0n) is 12.5. The molecule has 19 heavy (non-hydrogen) atoms. The van der Waals surface area contributed by atoms with Gasteiger partial charge in [0.05, 0.1) is 0 Å². The third kappa shape index (κ3) is 5.37.